The first-order valence-corrected chi connectivity index (χ1v) is 9.20. The molecule has 2 amide bonds. The largest absolute Gasteiger partial charge is 0.375 e. The molecule has 3 heterocycles. The fourth-order valence-electron chi connectivity index (χ4n) is 3.80. The van der Waals surface area contributed by atoms with E-state index < -0.39 is 0 Å². The summed E-state index contributed by atoms with van der Waals surface area (Å²) in [7, 11) is 0. The highest BCUT2D eigenvalue weighted by Gasteiger charge is 2.42. The lowest BCUT2D eigenvalue weighted by Gasteiger charge is -2.47. The standard InChI is InChI=1S/C19H26N4O2/c1-13(2)16(17-20-14-5-3-4-6-15(14)21-17)22-18(24)23-10-7-19(8-11-23)9-12-25-19/h3-6,13,16H,7-12H2,1-2H3,(H,20,21)(H,22,24). The van der Waals surface area contributed by atoms with Crippen LogP contribution in [0, 0.1) is 5.92 Å². The molecular formula is C19H26N4O2. The van der Waals surface area contributed by atoms with Crippen LogP contribution in [0.5, 0.6) is 0 Å². The molecule has 0 saturated carbocycles. The lowest BCUT2D eigenvalue weighted by molar-refractivity contribution is -0.169. The number of rotatable bonds is 3. The summed E-state index contributed by atoms with van der Waals surface area (Å²) >= 11 is 0. The molecule has 2 fully saturated rings. The van der Waals surface area contributed by atoms with Crippen LogP contribution in [-0.4, -0.2) is 46.2 Å². The molecule has 25 heavy (non-hydrogen) atoms. The summed E-state index contributed by atoms with van der Waals surface area (Å²) in [5.74, 6) is 1.07. The number of nitrogens with one attached hydrogen (secondary N) is 2. The molecule has 1 spiro atoms. The number of carbonyl (C=O) groups excluding carboxylic acids is 1. The second kappa shape index (κ2) is 6.33. The van der Waals surface area contributed by atoms with Crippen LogP contribution in [0.1, 0.15) is 45.0 Å². The molecule has 2 aliphatic rings. The fraction of sp³-hybridized carbons (Fsp3) is 0.579. The minimum atomic E-state index is -0.129. The Morgan fingerprint density at radius 2 is 2.00 bits per heavy atom. The van der Waals surface area contributed by atoms with Crippen molar-refractivity contribution in [3.05, 3.63) is 30.1 Å². The molecule has 134 valence electrons. The van der Waals surface area contributed by atoms with Crippen LogP contribution in [0.15, 0.2) is 24.3 Å². The quantitative estimate of drug-likeness (QED) is 0.900. The monoisotopic (exact) mass is 342 g/mol. The van der Waals surface area contributed by atoms with Crippen LogP contribution in [0.4, 0.5) is 4.79 Å². The van der Waals surface area contributed by atoms with Gasteiger partial charge in [0.1, 0.15) is 5.82 Å². The number of aromatic amines is 1. The Morgan fingerprint density at radius 1 is 1.28 bits per heavy atom. The second-order valence-electron chi connectivity index (χ2n) is 7.58. The highest BCUT2D eigenvalue weighted by molar-refractivity contribution is 5.76. The van der Waals surface area contributed by atoms with Crippen LogP contribution in [0.3, 0.4) is 0 Å². The molecule has 4 rings (SSSR count). The van der Waals surface area contributed by atoms with E-state index in [1.807, 2.05) is 29.2 Å². The molecule has 0 aliphatic carbocycles. The maximum atomic E-state index is 12.8. The summed E-state index contributed by atoms with van der Waals surface area (Å²) in [6, 6.07) is 7.82. The number of para-hydroxylation sites is 2. The number of carbonyl (C=O) groups is 1. The van der Waals surface area contributed by atoms with Gasteiger partial charge in [-0.05, 0) is 37.3 Å². The van der Waals surface area contributed by atoms with Gasteiger partial charge >= 0.3 is 6.03 Å². The Balaban J connectivity index is 1.45. The van der Waals surface area contributed by atoms with Crippen molar-refractivity contribution in [3.8, 4) is 0 Å². The number of fused-ring (bicyclic) bond motifs is 1. The summed E-state index contributed by atoms with van der Waals surface area (Å²) in [6.07, 6.45) is 3.02. The molecule has 6 nitrogen and oxygen atoms in total. The Hall–Kier alpha value is -2.08. The first kappa shape index (κ1) is 16.4. The van der Waals surface area contributed by atoms with Crippen molar-refractivity contribution in [2.75, 3.05) is 19.7 Å². The molecule has 6 heteroatoms. The van der Waals surface area contributed by atoms with E-state index in [2.05, 4.69) is 29.1 Å². The smallest absolute Gasteiger partial charge is 0.317 e. The zero-order valence-corrected chi connectivity index (χ0v) is 14.9. The molecule has 1 aromatic heterocycles. The first-order valence-electron chi connectivity index (χ1n) is 9.20. The van der Waals surface area contributed by atoms with Gasteiger partial charge in [-0.2, -0.15) is 0 Å². The number of aromatic nitrogens is 2. The van der Waals surface area contributed by atoms with E-state index in [1.54, 1.807) is 0 Å². The zero-order valence-electron chi connectivity index (χ0n) is 14.9. The van der Waals surface area contributed by atoms with Gasteiger partial charge in [0.05, 0.1) is 29.3 Å². The third kappa shape index (κ3) is 3.11. The van der Waals surface area contributed by atoms with Crippen LogP contribution in [0.2, 0.25) is 0 Å². The van der Waals surface area contributed by atoms with Gasteiger partial charge in [0.25, 0.3) is 0 Å². The molecule has 2 saturated heterocycles. The molecule has 2 aromatic rings. The van der Waals surface area contributed by atoms with Gasteiger partial charge in [-0.1, -0.05) is 26.0 Å². The van der Waals surface area contributed by atoms with Crippen LogP contribution in [0.25, 0.3) is 11.0 Å². The topological polar surface area (TPSA) is 70.2 Å². The van der Waals surface area contributed by atoms with Crippen molar-refractivity contribution >= 4 is 17.1 Å². The van der Waals surface area contributed by atoms with E-state index >= 15 is 0 Å². The number of urea groups is 1. The van der Waals surface area contributed by atoms with E-state index in [-0.39, 0.29) is 23.6 Å². The number of hydrogen-bond acceptors (Lipinski definition) is 3. The van der Waals surface area contributed by atoms with Gasteiger partial charge in [0, 0.05) is 13.1 Å². The molecule has 1 atom stereocenters. The molecular weight excluding hydrogens is 316 g/mol. The maximum Gasteiger partial charge on any atom is 0.317 e. The van der Waals surface area contributed by atoms with Crippen molar-refractivity contribution in [1.82, 2.24) is 20.2 Å². The third-order valence-electron chi connectivity index (χ3n) is 5.58. The van der Waals surface area contributed by atoms with Crippen LogP contribution < -0.4 is 5.32 Å². The number of imidazole rings is 1. The van der Waals surface area contributed by atoms with E-state index in [9.17, 15) is 4.79 Å². The fourth-order valence-corrected chi connectivity index (χ4v) is 3.80. The predicted octanol–water partition coefficient (Wildman–Crippen LogP) is 3.22. The summed E-state index contributed by atoms with van der Waals surface area (Å²) in [5, 5.41) is 3.18. The Morgan fingerprint density at radius 3 is 2.60 bits per heavy atom. The molecule has 0 radical (unpaired) electrons. The lowest BCUT2D eigenvalue weighted by atomic mass is 9.84. The van der Waals surface area contributed by atoms with Crippen molar-refractivity contribution in [3.63, 3.8) is 0 Å². The average Bonchev–Trinajstić information content (AvgIpc) is 3.01. The van der Waals surface area contributed by atoms with E-state index in [4.69, 9.17) is 4.74 Å². The van der Waals surface area contributed by atoms with Crippen molar-refractivity contribution in [2.24, 2.45) is 5.92 Å². The number of amides is 2. The van der Waals surface area contributed by atoms with Gasteiger partial charge in [-0.15, -0.1) is 0 Å². The lowest BCUT2D eigenvalue weighted by Crippen LogP contribution is -2.55. The van der Waals surface area contributed by atoms with Gasteiger partial charge in [0.15, 0.2) is 0 Å². The van der Waals surface area contributed by atoms with Crippen LogP contribution >= 0.6 is 0 Å². The first-order chi connectivity index (χ1) is 12.1. The number of piperidine rings is 1. The molecule has 2 N–H and O–H groups in total. The number of H-pyrrole nitrogens is 1. The van der Waals surface area contributed by atoms with Crippen LogP contribution in [-0.2, 0) is 4.74 Å². The second-order valence-corrected chi connectivity index (χ2v) is 7.58. The molecule has 1 aromatic carbocycles. The highest BCUT2D eigenvalue weighted by Crippen LogP contribution is 2.36. The predicted molar refractivity (Wildman–Crippen MR) is 96.3 cm³/mol. The van der Waals surface area contributed by atoms with E-state index in [0.717, 1.165) is 55.8 Å². The Kier molecular flexibility index (Phi) is 4.15. The van der Waals surface area contributed by atoms with Gasteiger partial charge in [0.2, 0.25) is 0 Å². The molecule has 0 bridgehead atoms. The summed E-state index contributed by atoms with van der Waals surface area (Å²) in [5.41, 5.74) is 1.99. The summed E-state index contributed by atoms with van der Waals surface area (Å²) in [4.78, 5) is 22.7. The van der Waals surface area contributed by atoms with Crippen molar-refractivity contribution < 1.29 is 9.53 Å². The average molecular weight is 342 g/mol. The Bertz CT molecular complexity index is 723. The SMILES string of the molecule is CC(C)C(NC(=O)N1CCC2(CCO2)CC1)c1nc2ccccc2[nH]1. The van der Waals surface area contributed by atoms with E-state index in [1.165, 1.54) is 0 Å². The Labute approximate surface area is 147 Å². The third-order valence-corrected chi connectivity index (χ3v) is 5.58. The highest BCUT2D eigenvalue weighted by atomic mass is 16.5. The minimum absolute atomic E-state index is 0.00618. The number of likely N-dealkylation sites (tertiary alicyclic amines) is 1. The maximum absolute atomic E-state index is 12.8. The van der Waals surface area contributed by atoms with Gasteiger partial charge in [-0.3, -0.25) is 0 Å². The number of nitrogens with zero attached hydrogens (tertiary/aromatic N) is 2. The van der Waals surface area contributed by atoms with E-state index in [0.29, 0.717) is 0 Å². The minimum Gasteiger partial charge on any atom is -0.375 e. The van der Waals surface area contributed by atoms with Gasteiger partial charge in [-0.25, -0.2) is 9.78 Å². The zero-order chi connectivity index (χ0) is 17.4. The summed E-state index contributed by atoms with van der Waals surface area (Å²) in [6.45, 7) is 6.60. The molecule has 1 unspecified atom stereocenters. The normalized spacial score (nSPS) is 20.7. The number of benzene rings is 1. The number of ether oxygens (including phenoxy) is 1. The van der Waals surface area contributed by atoms with Gasteiger partial charge < -0.3 is 19.9 Å². The van der Waals surface area contributed by atoms with Crippen molar-refractivity contribution in [1.29, 1.82) is 0 Å². The number of hydrogen-bond donors (Lipinski definition) is 2. The summed E-state index contributed by atoms with van der Waals surface area (Å²) < 4.78 is 5.74. The molecule has 2 aliphatic heterocycles. The van der Waals surface area contributed by atoms with Crippen molar-refractivity contribution in [2.45, 2.75) is 44.8 Å².